The summed E-state index contributed by atoms with van der Waals surface area (Å²) in [5.41, 5.74) is 2.81. The van der Waals surface area contributed by atoms with E-state index >= 15 is 0 Å². The third-order valence-electron chi connectivity index (χ3n) is 4.50. The van der Waals surface area contributed by atoms with Gasteiger partial charge in [-0.15, -0.1) is 0 Å². The zero-order valence-electron chi connectivity index (χ0n) is 13.0. The highest BCUT2D eigenvalue weighted by Gasteiger charge is 2.28. The van der Waals surface area contributed by atoms with Gasteiger partial charge in [-0.1, -0.05) is 31.2 Å². The maximum Gasteiger partial charge on any atom is 0.253 e. The van der Waals surface area contributed by atoms with Crippen LogP contribution in [0.3, 0.4) is 0 Å². The number of aliphatic hydroxyl groups excluding tert-OH is 1. The number of nitrogens with zero attached hydrogens (tertiary/aromatic N) is 1. The van der Waals surface area contributed by atoms with Crippen molar-refractivity contribution >= 4 is 5.91 Å². The molecule has 22 heavy (non-hydrogen) atoms. The first-order valence-electron chi connectivity index (χ1n) is 8.10. The molecule has 0 aromatic heterocycles. The molecule has 0 aliphatic carbocycles. The van der Waals surface area contributed by atoms with Crippen LogP contribution < -0.4 is 0 Å². The lowest BCUT2D eigenvalue weighted by Gasteiger charge is -2.26. The van der Waals surface area contributed by atoms with Gasteiger partial charge in [0.2, 0.25) is 0 Å². The zero-order valence-corrected chi connectivity index (χ0v) is 13.0. The van der Waals surface area contributed by atoms with Crippen molar-refractivity contribution in [3.8, 4) is 0 Å². The van der Waals surface area contributed by atoms with Gasteiger partial charge in [-0.2, -0.15) is 0 Å². The first kappa shape index (κ1) is 15.1. The lowest BCUT2D eigenvalue weighted by molar-refractivity contribution is -0.128. The van der Waals surface area contributed by atoms with Crippen LogP contribution in [0.15, 0.2) is 35.6 Å². The molecule has 0 saturated heterocycles. The smallest absolute Gasteiger partial charge is 0.253 e. The Morgan fingerprint density at radius 3 is 3.05 bits per heavy atom. The largest absolute Gasteiger partial charge is 0.497 e. The van der Waals surface area contributed by atoms with Crippen molar-refractivity contribution in [3.63, 3.8) is 0 Å². The van der Waals surface area contributed by atoms with E-state index in [-0.39, 0.29) is 5.91 Å². The van der Waals surface area contributed by atoms with Gasteiger partial charge in [0, 0.05) is 19.5 Å². The van der Waals surface area contributed by atoms with Crippen LogP contribution in [0.1, 0.15) is 49.8 Å². The molecule has 1 atom stereocenters. The van der Waals surface area contributed by atoms with Gasteiger partial charge in [0.05, 0.1) is 18.3 Å². The maximum absolute atomic E-state index is 12.9. The SMILES string of the molecule is CCC1=C(C(=O)N2CCC(O)c3ccccc3C2)CCCO1. The average molecular weight is 301 g/mol. The van der Waals surface area contributed by atoms with E-state index in [4.69, 9.17) is 4.74 Å². The van der Waals surface area contributed by atoms with Gasteiger partial charge in [-0.3, -0.25) is 4.79 Å². The fraction of sp³-hybridized carbons (Fsp3) is 0.500. The predicted octanol–water partition coefficient (Wildman–Crippen LogP) is 2.93. The average Bonchev–Trinajstić information content (AvgIpc) is 2.74. The number of ether oxygens (including phenoxy) is 1. The number of hydrogen-bond donors (Lipinski definition) is 1. The second-order valence-corrected chi connectivity index (χ2v) is 5.94. The van der Waals surface area contributed by atoms with E-state index in [1.165, 1.54) is 0 Å². The fourth-order valence-electron chi connectivity index (χ4n) is 3.30. The van der Waals surface area contributed by atoms with Crippen molar-refractivity contribution in [2.24, 2.45) is 0 Å². The maximum atomic E-state index is 12.9. The molecule has 118 valence electrons. The Morgan fingerprint density at radius 2 is 2.23 bits per heavy atom. The van der Waals surface area contributed by atoms with Crippen molar-refractivity contribution in [2.45, 2.75) is 45.3 Å². The summed E-state index contributed by atoms with van der Waals surface area (Å²) in [5.74, 6) is 0.912. The van der Waals surface area contributed by atoms with Crippen molar-refractivity contribution in [2.75, 3.05) is 13.2 Å². The zero-order chi connectivity index (χ0) is 15.5. The second-order valence-electron chi connectivity index (χ2n) is 5.94. The minimum atomic E-state index is -0.490. The second kappa shape index (κ2) is 6.53. The Balaban J connectivity index is 1.86. The van der Waals surface area contributed by atoms with E-state index in [9.17, 15) is 9.90 Å². The van der Waals surface area contributed by atoms with Crippen molar-refractivity contribution in [3.05, 3.63) is 46.7 Å². The van der Waals surface area contributed by atoms with Crippen LogP contribution in [-0.4, -0.2) is 29.1 Å². The Hall–Kier alpha value is -1.81. The highest BCUT2D eigenvalue weighted by molar-refractivity contribution is 5.94. The standard InChI is InChI=1S/C18H23NO3/c1-2-17-15(8-5-11-22-17)18(21)19-10-9-16(20)14-7-4-3-6-13(14)12-19/h3-4,6-7,16,20H,2,5,8-12H2,1H3. The van der Waals surface area contributed by atoms with Crippen LogP contribution in [0.5, 0.6) is 0 Å². The number of benzene rings is 1. The van der Waals surface area contributed by atoms with Crippen LogP contribution >= 0.6 is 0 Å². The highest BCUT2D eigenvalue weighted by Crippen LogP contribution is 2.29. The molecular formula is C18H23NO3. The monoisotopic (exact) mass is 301 g/mol. The Kier molecular flexibility index (Phi) is 4.48. The van der Waals surface area contributed by atoms with E-state index in [0.717, 1.165) is 41.7 Å². The predicted molar refractivity (Wildman–Crippen MR) is 83.9 cm³/mol. The number of hydrogen-bond acceptors (Lipinski definition) is 3. The summed E-state index contributed by atoms with van der Waals surface area (Å²) in [6.45, 7) is 3.87. The number of rotatable bonds is 2. The molecule has 1 N–H and O–H groups in total. The summed E-state index contributed by atoms with van der Waals surface area (Å²) in [6, 6.07) is 7.84. The number of aliphatic hydroxyl groups is 1. The van der Waals surface area contributed by atoms with Crippen molar-refractivity contribution in [1.82, 2.24) is 4.90 Å². The molecular weight excluding hydrogens is 278 g/mol. The molecule has 0 bridgehead atoms. The molecule has 0 spiro atoms. The van der Waals surface area contributed by atoms with Gasteiger partial charge < -0.3 is 14.7 Å². The minimum Gasteiger partial charge on any atom is -0.497 e. The molecule has 1 amide bonds. The van der Waals surface area contributed by atoms with E-state index in [1.807, 2.05) is 36.1 Å². The number of amides is 1. The lowest BCUT2D eigenvalue weighted by Crippen LogP contribution is -2.33. The van der Waals surface area contributed by atoms with E-state index in [0.29, 0.717) is 26.1 Å². The van der Waals surface area contributed by atoms with Crippen LogP contribution in [0.25, 0.3) is 0 Å². The molecule has 2 aliphatic heterocycles. The molecule has 2 heterocycles. The van der Waals surface area contributed by atoms with Gasteiger partial charge in [-0.05, 0) is 30.4 Å². The molecule has 0 radical (unpaired) electrons. The normalized spacial score (nSPS) is 21.9. The Labute approximate surface area is 131 Å². The van der Waals surface area contributed by atoms with Crippen molar-refractivity contribution < 1.29 is 14.6 Å². The summed E-state index contributed by atoms with van der Waals surface area (Å²) in [5, 5.41) is 10.3. The fourth-order valence-corrected chi connectivity index (χ4v) is 3.30. The summed E-state index contributed by atoms with van der Waals surface area (Å²) in [7, 11) is 0. The first-order chi connectivity index (χ1) is 10.7. The van der Waals surface area contributed by atoms with E-state index in [1.54, 1.807) is 0 Å². The first-order valence-corrected chi connectivity index (χ1v) is 8.10. The van der Waals surface area contributed by atoms with Crippen LogP contribution in [0.4, 0.5) is 0 Å². The third-order valence-corrected chi connectivity index (χ3v) is 4.50. The molecule has 0 fully saturated rings. The number of carbonyl (C=O) groups excluding carboxylic acids is 1. The van der Waals surface area contributed by atoms with Crippen LogP contribution in [0.2, 0.25) is 0 Å². The molecule has 1 unspecified atom stereocenters. The number of fused-ring (bicyclic) bond motifs is 1. The molecule has 1 aromatic carbocycles. The molecule has 3 rings (SSSR count). The number of carbonyl (C=O) groups is 1. The van der Waals surface area contributed by atoms with Gasteiger partial charge in [-0.25, -0.2) is 0 Å². The topological polar surface area (TPSA) is 49.8 Å². The van der Waals surface area contributed by atoms with Gasteiger partial charge in [0.15, 0.2) is 0 Å². The highest BCUT2D eigenvalue weighted by atomic mass is 16.5. The minimum absolute atomic E-state index is 0.0699. The number of allylic oxidation sites excluding steroid dienone is 1. The van der Waals surface area contributed by atoms with Crippen LogP contribution in [-0.2, 0) is 16.1 Å². The molecule has 1 aromatic rings. The van der Waals surface area contributed by atoms with Gasteiger partial charge in [0.25, 0.3) is 5.91 Å². The van der Waals surface area contributed by atoms with Crippen molar-refractivity contribution in [1.29, 1.82) is 0 Å². The molecule has 0 saturated carbocycles. The van der Waals surface area contributed by atoms with E-state index in [2.05, 4.69) is 0 Å². The lowest BCUT2D eigenvalue weighted by atomic mass is 10.0. The van der Waals surface area contributed by atoms with Crippen LogP contribution in [0, 0.1) is 0 Å². The Bertz CT molecular complexity index is 594. The summed E-state index contributed by atoms with van der Waals surface area (Å²) in [6.07, 6.45) is 2.54. The summed E-state index contributed by atoms with van der Waals surface area (Å²) in [4.78, 5) is 14.8. The summed E-state index contributed by atoms with van der Waals surface area (Å²) < 4.78 is 5.66. The van der Waals surface area contributed by atoms with Gasteiger partial charge in [0.1, 0.15) is 5.76 Å². The van der Waals surface area contributed by atoms with Gasteiger partial charge >= 0.3 is 0 Å². The van der Waals surface area contributed by atoms with E-state index < -0.39 is 6.10 Å². The molecule has 2 aliphatic rings. The quantitative estimate of drug-likeness (QED) is 0.913. The summed E-state index contributed by atoms with van der Waals surface area (Å²) >= 11 is 0. The third kappa shape index (κ3) is 2.88. The molecule has 4 heteroatoms. The Morgan fingerprint density at radius 1 is 1.41 bits per heavy atom. The molecule has 4 nitrogen and oxygen atoms in total.